The van der Waals surface area contributed by atoms with Crippen molar-refractivity contribution in [2.45, 2.75) is 19.9 Å². The third kappa shape index (κ3) is 3.76. The summed E-state index contributed by atoms with van der Waals surface area (Å²) in [6, 6.07) is 4.10. The van der Waals surface area contributed by atoms with Crippen molar-refractivity contribution in [1.82, 2.24) is 24.6 Å². The second kappa shape index (κ2) is 6.91. The normalized spacial score (nSPS) is 16.3. The molecule has 1 aliphatic rings. The SMILES string of the molecule is Cc1nn(C)cc1C(=O)N1CCCN(Cc2ccncc2)CC1. The molecule has 0 atom stereocenters. The van der Waals surface area contributed by atoms with Gasteiger partial charge in [-0.25, -0.2) is 0 Å². The molecular formula is C17H23N5O. The monoisotopic (exact) mass is 313 g/mol. The summed E-state index contributed by atoms with van der Waals surface area (Å²) in [6.07, 6.45) is 6.47. The van der Waals surface area contributed by atoms with Crippen molar-refractivity contribution in [2.75, 3.05) is 26.2 Å². The summed E-state index contributed by atoms with van der Waals surface area (Å²) in [5.41, 5.74) is 2.79. The lowest BCUT2D eigenvalue weighted by Crippen LogP contribution is -2.35. The third-order valence-corrected chi connectivity index (χ3v) is 4.28. The van der Waals surface area contributed by atoms with E-state index in [1.165, 1.54) is 5.56 Å². The topological polar surface area (TPSA) is 54.3 Å². The molecule has 0 saturated carbocycles. The summed E-state index contributed by atoms with van der Waals surface area (Å²) in [7, 11) is 1.85. The maximum atomic E-state index is 12.7. The van der Waals surface area contributed by atoms with Crippen LogP contribution < -0.4 is 0 Å². The quantitative estimate of drug-likeness (QED) is 0.861. The smallest absolute Gasteiger partial charge is 0.257 e. The molecule has 2 aromatic rings. The van der Waals surface area contributed by atoms with Crippen LogP contribution in [-0.4, -0.2) is 56.7 Å². The largest absolute Gasteiger partial charge is 0.337 e. The first-order valence-corrected chi connectivity index (χ1v) is 8.04. The van der Waals surface area contributed by atoms with Crippen LogP contribution in [0.4, 0.5) is 0 Å². The molecule has 0 aliphatic carbocycles. The van der Waals surface area contributed by atoms with Gasteiger partial charge in [-0.05, 0) is 31.0 Å². The average molecular weight is 313 g/mol. The number of aryl methyl sites for hydroxylation is 2. The van der Waals surface area contributed by atoms with Crippen LogP contribution >= 0.6 is 0 Å². The van der Waals surface area contributed by atoms with E-state index < -0.39 is 0 Å². The molecule has 0 radical (unpaired) electrons. The molecule has 6 nitrogen and oxygen atoms in total. The van der Waals surface area contributed by atoms with Crippen LogP contribution in [0.5, 0.6) is 0 Å². The zero-order valence-electron chi connectivity index (χ0n) is 13.8. The van der Waals surface area contributed by atoms with Crippen LogP contribution in [0.1, 0.15) is 28.0 Å². The Balaban J connectivity index is 1.62. The summed E-state index contributed by atoms with van der Waals surface area (Å²) < 4.78 is 1.70. The molecule has 0 aromatic carbocycles. The molecule has 0 bridgehead atoms. The highest BCUT2D eigenvalue weighted by molar-refractivity contribution is 5.95. The lowest BCUT2D eigenvalue weighted by Gasteiger charge is -2.22. The van der Waals surface area contributed by atoms with E-state index in [4.69, 9.17) is 0 Å². The number of carbonyl (C=O) groups is 1. The molecule has 1 saturated heterocycles. The Labute approximate surface area is 136 Å². The zero-order valence-corrected chi connectivity index (χ0v) is 13.8. The Morgan fingerprint density at radius 1 is 1.17 bits per heavy atom. The van der Waals surface area contributed by atoms with Crippen molar-refractivity contribution in [3.63, 3.8) is 0 Å². The Bertz CT molecular complexity index is 667. The first-order valence-electron chi connectivity index (χ1n) is 8.04. The van der Waals surface area contributed by atoms with Gasteiger partial charge >= 0.3 is 0 Å². The van der Waals surface area contributed by atoms with Crippen LogP contribution in [0, 0.1) is 6.92 Å². The highest BCUT2D eigenvalue weighted by Crippen LogP contribution is 2.13. The molecular weight excluding hydrogens is 290 g/mol. The van der Waals surface area contributed by atoms with E-state index in [2.05, 4.69) is 15.0 Å². The van der Waals surface area contributed by atoms with Crippen LogP contribution in [0.25, 0.3) is 0 Å². The van der Waals surface area contributed by atoms with Crippen LogP contribution in [-0.2, 0) is 13.6 Å². The van der Waals surface area contributed by atoms with Gasteiger partial charge in [0.1, 0.15) is 0 Å². The van der Waals surface area contributed by atoms with Gasteiger partial charge in [0, 0.05) is 58.4 Å². The number of carbonyl (C=O) groups excluding carboxylic acids is 1. The number of hydrogen-bond acceptors (Lipinski definition) is 4. The molecule has 1 fully saturated rings. The van der Waals surface area contributed by atoms with Gasteiger partial charge in [-0.2, -0.15) is 5.10 Å². The van der Waals surface area contributed by atoms with Crippen LogP contribution in [0.3, 0.4) is 0 Å². The van der Waals surface area contributed by atoms with Crippen LogP contribution in [0.15, 0.2) is 30.7 Å². The van der Waals surface area contributed by atoms with Gasteiger partial charge in [0.25, 0.3) is 5.91 Å². The number of amides is 1. The van der Waals surface area contributed by atoms with E-state index in [-0.39, 0.29) is 5.91 Å². The molecule has 0 spiro atoms. The molecule has 0 N–H and O–H groups in total. The van der Waals surface area contributed by atoms with Crippen molar-refractivity contribution in [3.05, 3.63) is 47.5 Å². The third-order valence-electron chi connectivity index (χ3n) is 4.28. The van der Waals surface area contributed by atoms with Gasteiger partial charge in [0.15, 0.2) is 0 Å². The van der Waals surface area contributed by atoms with Gasteiger partial charge in [0.05, 0.1) is 11.3 Å². The van der Waals surface area contributed by atoms with E-state index in [0.717, 1.165) is 50.4 Å². The number of aromatic nitrogens is 3. The molecule has 1 aliphatic heterocycles. The van der Waals surface area contributed by atoms with E-state index in [1.54, 1.807) is 4.68 Å². The first-order chi connectivity index (χ1) is 11.1. The van der Waals surface area contributed by atoms with Gasteiger partial charge < -0.3 is 4.90 Å². The van der Waals surface area contributed by atoms with Gasteiger partial charge in [-0.3, -0.25) is 19.4 Å². The summed E-state index contributed by atoms with van der Waals surface area (Å²) in [5, 5.41) is 4.27. The summed E-state index contributed by atoms with van der Waals surface area (Å²) in [5.74, 6) is 0.0985. The molecule has 2 aromatic heterocycles. The molecule has 122 valence electrons. The van der Waals surface area contributed by atoms with E-state index in [0.29, 0.717) is 0 Å². The molecule has 3 heterocycles. The molecule has 6 heteroatoms. The van der Waals surface area contributed by atoms with E-state index in [9.17, 15) is 4.79 Å². The summed E-state index contributed by atoms with van der Waals surface area (Å²) in [6.45, 7) is 6.28. The Kier molecular flexibility index (Phi) is 4.71. The fraction of sp³-hybridized carbons (Fsp3) is 0.471. The minimum Gasteiger partial charge on any atom is -0.337 e. The fourth-order valence-electron chi connectivity index (χ4n) is 3.06. The van der Waals surface area contributed by atoms with Gasteiger partial charge in [0.2, 0.25) is 0 Å². The highest BCUT2D eigenvalue weighted by atomic mass is 16.2. The van der Waals surface area contributed by atoms with E-state index in [1.807, 2.05) is 49.6 Å². The predicted octanol–water partition coefficient (Wildman–Crippen LogP) is 1.47. The van der Waals surface area contributed by atoms with Gasteiger partial charge in [-0.15, -0.1) is 0 Å². The van der Waals surface area contributed by atoms with Crippen molar-refractivity contribution in [1.29, 1.82) is 0 Å². The Morgan fingerprint density at radius 3 is 2.65 bits per heavy atom. The minimum atomic E-state index is 0.0985. The second-order valence-corrected chi connectivity index (χ2v) is 6.08. The van der Waals surface area contributed by atoms with Gasteiger partial charge in [-0.1, -0.05) is 0 Å². The minimum absolute atomic E-state index is 0.0985. The predicted molar refractivity (Wildman–Crippen MR) is 88.0 cm³/mol. The summed E-state index contributed by atoms with van der Waals surface area (Å²) in [4.78, 5) is 21.1. The van der Waals surface area contributed by atoms with Crippen molar-refractivity contribution in [2.24, 2.45) is 7.05 Å². The molecule has 23 heavy (non-hydrogen) atoms. The maximum Gasteiger partial charge on any atom is 0.257 e. The number of rotatable bonds is 3. The number of nitrogens with zero attached hydrogens (tertiary/aromatic N) is 5. The number of pyridine rings is 1. The van der Waals surface area contributed by atoms with E-state index >= 15 is 0 Å². The van der Waals surface area contributed by atoms with Crippen molar-refractivity contribution < 1.29 is 4.79 Å². The lowest BCUT2D eigenvalue weighted by molar-refractivity contribution is 0.0760. The van der Waals surface area contributed by atoms with Crippen LogP contribution in [0.2, 0.25) is 0 Å². The highest BCUT2D eigenvalue weighted by Gasteiger charge is 2.22. The number of hydrogen-bond donors (Lipinski definition) is 0. The van der Waals surface area contributed by atoms with Crippen molar-refractivity contribution >= 4 is 5.91 Å². The average Bonchev–Trinajstić information content (AvgIpc) is 2.74. The zero-order chi connectivity index (χ0) is 16.2. The molecule has 1 amide bonds. The Morgan fingerprint density at radius 2 is 1.96 bits per heavy atom. The lowest BCUT2D eigenvalue weighted by atomic mass is 10.2. The summed E-state index contributed by atoms with van der Waals surface area (Å²) >= 11 is 0. The van der Waals surface area contributed by atoms with Crippen molar-refractivity contribution in [3.8, 4) is 0 Å². The first kappa shape index (κ1) is 15.7. The molecule has 3 rings (SSSR count). The molecule has 0 unspecified atom stereocenters. The Hall–Kier alpha value is -2.21. The second-order valence-electron chi connectivity index (χ2n) is 6.08. The maximum absolute atomic E-state index is 12.7. The fourth-order valence-corrected chi connectivity index (χ4v) is 3.06. The standard InChI is InChI=1S/C17H23N5O/c1-14-16(13-20(2)19-14)17(23)22-9-3-8-21(10-11-22)12-15-4-6-18-7-5-15/h4-7,13H,3,8-12H2,1-2H3.